The largest absolute Gasteiger partial charge is 0.507 e. The van der Waals surface area contributed by atoms with Gasteiger partial charge in [-0.1, -0.05) is 19.6 Å². The summed E-state index contributed by atoms with van der Waals surface area (Å²) in [6, 6.07) is 5.45. The summed E-state index contributed by atoms with van der Waals surface area (Å²) in [5, 5.41) is 19.9. The number of carbonyl (C=O) groups excluding carboxylic acids is 1. The van der Waals surface area contributed by atoms with Crippen LogP contribution in [0.4, 0.5) is 5.82 Å². The molecule has 0 aliphatic carbocycles. The zero-order valence-corrected chi connectivity index (χ0v) is 21.7. The second-order valence-electron chi connectivity index (χ2n) is 9.19. The van der Waals surface area contributed by atoms with Gasteiger partial charge >= 0.3 is 5.97 Å². The van der Waals surface area contributed by atoms with Crippen molar-refractivity contribution in [3.8, 4) is 22.8 Å². The molecule has 2 aromatic rings. The molecule has 1 N–H and O–H groups in total. The molecular weight excluding hydrogens is 458 g/mol. The molecule has 1 aromatic heterocycles. The molecular formula is C28H37N3O5. The fourth-order valence-corrected chi connectivity index (χ4v) is 4.51. The summed E-state index contributed by atoms with van der Waals surface area (Å²) >= 11 is 0. The first-order valence-electron chi connectivity index (χ1n) is 12.3. The number of aromatic hydroxyl groups is 1. The van der Waals surface area contributed by atoms with E-state index in [1.807, 2.05) is 37.1 Å². The number of ether oxygens (including phenoxy) is 3. The standard InChI is InChI=1S/C28H37N3O5/c1-7-9-20(12-11-18(2)28(33)35-6)19(3)31(4)25-15-21-10-8-13-36-17-22-14-23(34-5)16-24(32)26(22)27(21)30-29-25/h7,14-16,18,20,32H,1,3,8-13,17H2,2,4-6H3/t18-,20-/m0/s1. The van der Waals surface area contributed by atoms with Crippen molar-refractivity contribution >= 4 is 11.8 Å². The average molecular weight is 496 g/mol. The van der Waals surface area contributed by atoms with Gasteiger partial charge in [-0.3, -0.25) is 4.79 Å². The summed E-state index contributed by atoms with van der Waals surface area (Å²) in [4.78, 5) is 13.8. The van der Waals surface area contributed by atoms with Crippen LogP contribution in [0.3, 0.4) is 0 Å². The summed E-state index contributed by atoms with van der Waals surface area (Å²) in [5.74, 6) is 1.02. The zero-order chi connectivity index (χ0) is 26.2. The summed E-state index contributed by atoms with van der Waals surface area (Å²) < 4.78 is 16.0. The third-order valence-corrected chi connectivity index (χ3v) is 6.75. The second-order valence-corrected chi connectivity index (χ2v) is 9.19. The first-order valence-corrected chi connectivity index (χ1v) is 12.3. The second kappa shape index (κ2) is 12.5. The van der Waals surface area contributed by atoms with Crippen molar-refractivity contribution in [3.05, 3.63) is 54.3 Å². The van der Waals surface area contributed by atoms with Crippen molar-refractivity contribution in [2.45, 2.75) is 45.6 Å². The maximum atomic E-state index is 11.8. The molecule has 8 heteroatoms. The lowest BCUT2D eigenvalue weighted by atomic mass is 9.91. The maximum absolute atomic E-state index is 11.8. The van der Waals surface area contributed by atoms with Gasteiger partial charge in [-0.05, 0) is 55.4 Å². The number of nitrogens with zero attached hydrogens (tertiary/aromatic N) is 3. The van der Waals surface area contributed by atoms with E-state index in [4.69, 9.17) is 14.2 Å². The monoisotopic (exact) mass is 495 g/mol. The molecule has 0 amide bonds. The molecule has 2 atom stereocenters. The fourth-order valence-electron chi connectivity index (χ4n) is 4.51. The minimum absolute atomic E-state index is 0.0849. The quantitative estimate of drug-likeness (QED) is 0.361. The average Bonchev–Trinajstić information content (AvgIpc) is 2.97. The lowest BCUT2D eigenvalue weighted by Gasteiger charge is -2.28. The highest BCUT2D eigenvalue weighted by molar-refractivity contribution is 5.75. The third kappa shape index (κ3) is 6.23. The van der Waals surface area contributed by atoms with Crippen LogP contribution in [0, 0.1) is 11.8 Å². The van der Waals surface area contributed by atoms with Gasteiger partial charge in [0.15, 0.2) is 5.82 Å². The molecule has 1 aromatic carbocycles. The number of anilines is 1. The maximum Gasteiger partial charge on any atom is 0.308 e. The van der Waals surface area contributed by atoms with Crippen molar-refractivity contribution in [1.29, 1.82) is 0 Å². The molecule has 194 valence electrons. The van der Waals surface area contributed by atoms with Crippen molar-refractivity contribution in [2.75, 3.05) is 32.8 Å². The van der Waals surface area contributed by atoms with Gasteiger partial charge in [0.05, 0.1) is 26.7 Å². The zero-order valence-electron chi connectivity index (χ0n) is 21.7. The summed E-state index contributed by atoms with van der Waals surface area (Å²) in [6.07, 6.45) is 5.61. The van der Waals surface area contributed by atoms with Crippen molar-refractivity contribution in [2.24, 2.45) is 11.8 Å². The smallest absolute Gasteiger partial charge is 0.308 e. The predicted octanol–water partition coefficient (Wildman–Crippen LogP) is 5.05. The number of phenols is 1. The lowest BCUT2D eigenvalue weighted by Crippen LogP contribution is -2.24. The molecule has 36 heavy (non-hydrogen) atoms. The van der Waals surface area contributed by atoms with Gasteiger partial charge in [0.2, 0.25) is 0 Å². The van der Waals surface area contributed by atoms with Gasteiger partial charge in [0.25, 0.3) is 0 Å². The summed E-state index contributed by atoms with van der Waals surface area (Å²) in [6.45, 7) is 11.1. The van der Waals surface area contributed by atoms with E-state index < -0.39 is 0 Å². The number of rotatable bonds is 10. The molecule has 0 spiro atoms. The fraction of sp³-hybridized carbons (Fsp3) is 0.464. The number of esters is 1. The number of allylic oxidation sites excluding steroid dienone is 2. The topological polar surface area (TPSA) is 94.0 Å². The molecule has 1 aliphatic rings. The van der Waals surface area contributed by atoms with Crippen LogP contribution in [-0.4, -0.2) is 49.1 Å². The Bertz CT molecular complexity index is 1100. The van der Waals surface area contributed by atoms with Gasteiger partial charge in [0.1, 0.15) is 17.2 Å². The van der Waals surface area contributed by atoms with E-state index in [9.17, 15) is 9.90 Å². The van der Waals surface area contributed by atoms with E-state index in [1.54, 1.807) is 13.2 Å². The van der Waals surface area contributed by atoms with Gasteiger partial charge in [0, 0.05) is 36.9 Å². The first kappa shape index (κ1) is 27.2. The Morgan fingerprint density at radius 3 is 2.72 bits per heavy atom. The molecule has 1 aliphatic heterocycles. The highest BCUT2D eigenvalue weighted by Gasteiger charge is 2.24. The van der Waals surface area contributed by atoms with Gasteiger partial charge < -0.3 is 24.2 Å². The molecule has 0 radical (unpaired) electrons. The van der Waals surface area contributed by atoms with Crippen molar-refractivity contribution in [3.63, 3.8) is 0 Å². The molecule has 2 heterocycles. The Morgan fingerprint density at radius 2 is 2.03 bits per heavy atom. The molecule has 8 nitrogen and oxygen atoms in total. The Morgan fingerprint density at radius 1 is 1.25 bits per heavy atom. The number of carbonyl (C=O) groups is 1. The molecule has 3 rings (SSSR count). The summed E-state index contributed by atoms with van der Waals surface area (Å²) in [5.41, 5.74) is 3.93. The summed E-state index contributed by atoms with van der Waals surface area (Å²) in [7, 11) is 4.90. The molecule has 0 saturated heterocycles. The van der Waals surface area contributed by atoms with Crippen LogP contribution in [-0.2, 0) is 27.3 Å². The SMILES string of the molecule is C=CC[C@@H](CC[C@H](C)C(=O)OC)C(=C)N(C)c1cc2c(nn1)-c1c(O)cc(OC)cc1COCCC2. The minimum Gasteiger partial charge on any atom is -0.507 e. The number of hydrogen-bond donors (Lipinski definition) is 1. The van der Waals surface area contributed by atoms with Gasteiger partial charge in [-0.2, -0.15) is 0 Å². The number of hydrogen-bond acceptors (Lipinski definition) is 8. The minimum atomic E-state index is -0.208. The van der Waals surface area contributed by atoms with Crippen molar-refractivity contribution < 1.29 is 24.1 Å². The van der Waals surface area contributed by atoms with E-state index in [0.717, 1.165) is 42.5 Å². The Hall–Kier alpha value is -3.39. The van der Waals surface area contributed by atoms with E-state index in [-0.39, 0.29) is 23.6 Å². The Balaban J connectivity index is 1.90. The van der Waals surface area contributed by atoms with Crippen LogP contribution in [0.15, 0.2) is 43.1 Å². The highest BCUT2D eigenvalue weighted by atomic mass is 16.5. The molecule has 0 bridgehead atoms. The van der Waals surface area contributed by atoms with Crippen LogP contribution < -0.4 is 9.64 Å². The van der Waals surface area contributed by atoms with E-state index in [1.165, 1.54) is 7.11 Å². The number of fused-ring (bicyclic) bond motifs is 3. The van der Waals surface area contributed by atoms with Crippen molar-refractivity contribution in [1.82, 2.24) is 10.2 Å². The van der Waals surface area contributed by atoms with E-state index >= 15 is 0 Å². The van der Waals surface area contributed by atoms with Crippen LogP contribution in [0.1, 0.15) is 43.7 Å². The number of phenolic OH excluding ortho intramolecular Hbond substituents is 1. The van der Waals surface area contributed by atoms with Crippen LogP contribution >= 0.6 is 0 Å². The molecule has 0 saturated carbocycles. The lowest BCUT2D eigenvalue weighted by molar-refractivity contribution is -0.145. The number of benzene rings is 1. The highest BCUT2D eigenvalue weighted by Crippen LogP contribution is 2.39. The molecule has 0 fully saturated rings. The number of methoxy groups -OCH3 is 2. The number of aryl methyl sites for hydroxylation is 1. The van der Waals surface area contributed by atoms with Crippen LogP contribution in [0.2, 0.25) is 0 Å². The third-order valence-electron chi connectivity index (χ3n) is 6.75. The van der Waals surface area contributed by atoms with Crippen LogP contribution in [0.5, 0.6) is 11.5 Å². The van der Waals surface area contributed by atoms with E-state index in [2.05, 4.69) is 23.4 Å². The Kier molecular flexibility index (Phi) is 9.47. The van der Waals surface area contributed by atoms with E-state index in [0.29, 0.717) is 42.5 Å². The van der Waals surface area contributed by atoms with Gasteiger partial charge in [-0.15, -0.1) is 16.8 Å². The normalized spacial score (nSPS) is 14.7. The predicted molar refractivity (Wildman–Crippen MR) is 140 cm³/mol. The van der Waals surface area contributed by atoms with Crippen LogP contribution in [0.25, 0.3) is 11.3 Å². The number of aromatic nitrogens is 2. The first-order chi connectivity index (χ1) is 17.3. The Labute approximate surface area is 213 Å². The molecule has 0 unspecified atom stereocenters. The van der Waals surface area contributed by atoms with Gasteiger partial charge in [-0.25, -0.2) is 0 Å².